The van der Waals surface area contributed by atoms with Gasteiger partial charge in [-0.15, -0.1) is 11.3 Å². The quantitative estimate of drug-likeness (QED) is 0.447. The highest BCUT2D eigenvalue weighted by molar-refractivity contribution is 7.10. The Labute approximate surface area is 202 Å². The van der Waals surface area contributed by atoms with Crippen molar-refractivity contribution in [1.82, 2.24) is 14.6 Å². The summed E-state index contributed by atoms with van der Waals surface area (Å²) in [5.41, 5.74) is 10.9. The number of nitrogens with one attached hydrogen (secondary N) is 1. The van der Waals surface area contributed by atoms with Crippen molar-refractivity contribution in [3.63, 3.8) is 0 Å². The number of benzene rings is 2. The van der Waals surface area contributed by atoms with Gasteiger partial charge >= 0.3 is 0 Å². The molecule has 0 spiro atoms. The highest BCUT2D eigenvalue weighted by Gasteiger charge is 2.49. The highest BCUT2D eigenvalue weighted by atomic mass is 32.1. The normalized spacial score (nSPS) is 21.3. The minimum absolute atomic E-state index is 0.0550. The Hall–Kier alpha value is -3.91. The number of aromatic nitrogens is 2. The number of nitrogens with zero attached hydrogens (tertiary/aromatic N) is 5. The summed E-state index contributed by atoms with van der Waals surface area (Å²) in [5, 5.41) is 12.3. The van der Waals surface area contributed by atoms with E-state index in [1.54, 1.807) is 11.3 Å². The van der Waals surface area contributed by atoms with E-state index in [4.69, 9.17) is 15.8 Å². The predicted molar refractivity (Wildman–Crippen MR) is 137 cm³/mol. The summed E-state index contributed by atoms with van der Waals surface area (Å²) in [7, 11) is 0. The SMILES string of the molecule is Cc1cn(Cc2ccc(C3(N4N=CCC4c4ccccc4)N=C(N)Nc4ccsc43)cc2)cn1. The number of aliphatic imine (C=N–C) groups is 1. The first kappa shape index (κ1) is 20.7. The number of nitrogens with two attached hydrogens (primary N) is 1. The minimum Gasteiger partial charge on any atom is -0.370 e. The third-order valence-corrected chi connectivity index (χ3v) is 7.37. The number of hydrazone groups is 1. The molecule has 34 heavy (non-hydrogen) atoms. The monoisotopic (exact) mass is 467 g/mol. The Morgan fingerprint density at radius 3 is 2.71 bits per heavy atom. The molecule has 7 nitrogen and oxygen atoms in total. The molecule has 4 aromatic rings. The van der Waals surface area contributed by atoms with Gasteiger partial charge in [0.15, 0.2) is 5.96 Å². The molecule has 2 aliphatic heterocycles. The van der Waals surface area contributed by atoms with Crippen molar-refractivity contribution >= 4 is 29.2 Å². The topological polar surface area (TPSA) is 83.8 Å². The second kappa shape index (κ2) is 8.14. The van der Waals surface area contributed by atoms with Gasteiger partial charge in [-0.25, -0.2) is 9.98 Å². The number of guanidine groups is 1. The second-order valence-electron chi connectivity index (χ2n) is 8.65. The fraction of sp³-hybridized carbons (Fsp3) is 0.192. The number of thiophene rings is 1. The van der Waals surface area contributed by atoms with E-state index in [9.17, 15) is 0 Å². The Balaban J connectivity index is 1.46. The highest BCUT2D eigenvalue weighted by Crippen LogP contribution is 2.51. The predicted octanol–water partition coefficient (Wildman–Crippen LogP) is 4.68. The van der Waals surface area contributed by atoms with E-state index in [-0.39, 0.29) is 6.04 Å². The molecular weight excluding hydrogens is 442 g/mol. The van der Waals surface area contributed by atoms with Crippen molar-refractivity contribution in [1.29, 1.82) is 0 Å². The molecular formula is C26H25N7S. The van der Waals surface area contributed by atoms with E-state index in [1.807, 2.05) is 25.5 Å². The molecule has 4 heterocycles. The first-order valence-corrected chi connectivity index (χ1v) is 12.2. The molecule has 2 aromatic heterocycles. The van der Waals surface area contributed by atoms with Gasteiger partial charge in [0.1, 0.15) is 0 Å². The molecule has 8 heteroatoms. The van der Waals surface area contributed by atoms with E-state index in [1.165, 1.54) is 11.1 Å². The van der Waals surface area contributed by atoms with Crippen LogP contribution >= 0.6 is 11.3 Å². The lowest BCUT2D eigenvalue weighted by molar-refractivity contribution is 0.0990. The number of hydrogen-bond donors (Lipinski definition) is 2. The van der Waals surface area contributed by atoms with Crippen LogP contribution in [0.3, 0.4) is 0 Å². The molecule has 2 aromatic carbocycles. The van der Waals surface area contributed by atoms with Gasteiger partial charge in [-0.3, -0.25) is 5.01 Å². The maximum Gasteiger partial charge on any atom is 0.214 e. The van der Waals surface area contributed by atoms with Crippen LogP contribution in [0.1, 0.15) is 39.7 Å². The smallest absolute Gasteiger partial charge is 0.214 e. The van der Waals surface area contributed by atoms with Gasteiger partial charge in [-0.1, -0.05) is 54.6 Å². The van der Waals surface area contributed by atoms with Crippen LogP contribution in [0.25, 0.3) is 0 Å². The van der Waals surface area contributed by atoms with Gasteiger partial charge in [0.05, 0.1) is 28.6 Å². The fourth-order valence-corrected chi connectivity index (χ4v) is 5.85. The van der Waals surface area contributed by atoms with Crippen LogP contribution in [0.15, 0.2) is 88.7 Å². The molecule has 2 aliphatic rings. The van der Waals surface area contributed by atoms with Crippen LogP contribution in [0.4, 0.5) is 5.69 Å². The number of aryl methyl sites for hydroxylation is 1. The summed E-state index contributed by atoms with van der Waals surface area (Å²) in [6.45, 7) is 2.76. The van der Waals surface area contributed by atoms with Gasteiger partial charge in [-0.2, -0.15) is 5.10 Å². The van der Waals surface area contributed by atoms with Gasteiger partial charge in [0.25, 0.3) is 0 Å². The maximum atomic E-state index is 6.36. The maximum absolute atomic E-state index is 6.36. The lowest BCUT2D eigenvalue weighted by Gasteiger charge is -2.43. The Bertz CT molecular complexity index is 1370. The first-order chi connectivity index (χ1) is 16.6. The minimum atomic E-state index is -0.851. The summed E-state index contributed by atoms with van der Waals surface area (Å²) >= 11 is 1.67. The summed E-state index contributed by atoms with van der Waals surface area (Å²) in [6.07, 6.45) is 6.71. The van der Waals surface area contributed by atoms with Gasteiger partial charge in [0, 0.05) is 30.9 Å². The van der Waals surface area contributed by atoms with Crippen LogP contribution in [0.2, 0.25) is 0 Å². The molecule has 0 bridgehead atoms. The van der Waals surface area contributed by atoms with Gasteiger partial charge < -0.3 is 15.6 Å². The molecule has 3 N–H and O–H groups in total. The summed E-state index contributed by atoms with van der Waals surface area (Å²) in [5.74, 6) is 0.387. The van der Waals surface area contributed by atoms with E-state index < -0.39 is 5.66 Å². The summed E-state index contributed by atoms with van der Waals surface area (Å²) in [4.78, 5) is 10.5. The zero-order valence-corrected chi connectivity index (χ0v) is 19.6. The Morgan fingerprint density at radius 1 is 1.12 bits per heavy atom. The lowest BCUT2D eigenvalue weighted by Crippen LogP contribution is -2.47. The zero-order valence-electron chi connectivity index (χ0n) is 18.8. The molecule has 0 fully saturated rings. The number of rotatable bonds is 5. The summed E-state index contributed by atoms with van der Waals surface area (Å²) < 4.78 is 2.09. The largest absolute Gasteiger partial charge is 0.370 e. The van der Waals surface area contributed by atoms with E-state index in [2.05, 4.69) is 86.1 Å². The zero-order chi connectivity index (χ0) is 23.1. The van der Waals surface area contributed by atoms with Crippen LogP contribution in [0.5, 0.6) is 0 Å². The third-order valence-electron chi connectivity index (χ3n) is 6.36. The molecule has 6 rings (SSSR count). The molecule has 2 atom stereocenters. The number of fused-ring (bicyclic) bond motifs is 1. The van der Waals surface area contributed by atoms with Crippen molar-refractivity contribution in [2.24, 2.45) is 15.8 Å². The van der Waals surface area contributed by atoms with Crippen LogP contribution in [-0.4, -0.2) is 26.7 Å². The molecule has 170 valence electrons. The molecule has 0 amide bonds. The fourth-order valence-electron chi connectivity index (χ4n) is 4.84. The van der Waals surface area contributed by atoms with Gasteiger partial charge in [-0.05, 0) is 29.5 Å². The van der Waals surface area contributed by atoms with Crippen molar-refractivity contribution < 1.29 is 0 Å². The van der Waals surface area contributed by atoms with E-state index in [0.717, 1.165) is 34.8 Å². The van der Waals surface area contributed by atoms with E-state index in [0.29, 0.717) is 5.96 Å². The van der Waals surface area contributed by atoms with Gasteiger partial charge in [0.2, 0.25) is 5.66 Å². The average Bonchev–Trinajstić information content (AvgIpc) is 3.61. The van der Waals surface area contributed by atoms with Crippen molar-refractivity contribution in [3.8, 4) is 0 Å². The molecule has 0 saturated carbocycles. The van der Waals surface area contributed by atoms with E-state index >= 15 is 0 Å². The number of anilines is 1. The van der Waals surface area contributed by atoms with Crippen molar-refractivity contribution in [3.05, 3.63) is 106 Å². The first-order valence-electron chi connectivity index (χ1n) is 11.3. The summed E-state index contributed by atoms with van der Waals surface area (Å²) in [6, 6.07) is 21.2. The van der Waals surface area contributed by atoms with Crippen molar-refractivity contribution in [2.45, 2.75) is 31.6 Å². The number of hydrogen-bond acceptors (Lipinski definition) is 7. The third kappa shape index (κ3) is 3.38. The number of imidazole rings is 1. The van der Waals surface area contributed by atoms with Crippen molar-refractivity contribution in [2.75, 3.05) is 5.32 Å². The standard InChI is InChI=1S/C26H25N7S/c1-18-15-32(17-28-18)16-19-7-9-21(10-8-19)26(24-22(12-14-34-24)30-25(27)31-26)33-23(11-13-29-33)20-5-3-2-4-6-20/h2-10,12-15,17,23H,11,16H2,1H3,(H3,27,30,31). The Kier molecular flexibility index (Phi) is 4.95. The molecule has 0 aliphatic carbocycles. The van der Waals surface area contributed by atoms with Crippen LogP contribution < -0.4 is 11.1 Å². The Morgan fingerprint density at radius 2 is 1.94 bits per heavy atom. The molecule has 2 unspecified atom stereocenters. The molecule has 0 radical (unpaired) electrons. The van der Waals surface area contributed by atoms with Crippen LogP contribution in [-0.2, 0) is 12.2 Å². The lowest BCUT2D eigenvalue weighted by atomic mass is 9.91. The second-order valence-corrected chi connectivity index (χ2v) is 9.56. The van der Waals surface area contributed by atoms with Crippen LogP contribution in [0, 0.1) is 6.92 Å². The average molecular weight is 468 g/mol. The molecule has 0 saturated heterocycles.